The minimum Gasteiger partial charge on any atom is -0.444 e. The summed E-state index contributed by atoms with van der Waals surface area (Å²) in [5.74, 6) is 0. The van der Waals surface area contributed by atoms with Crippen molar-refractivity contribution in [1.82, 2.24) is 4.90 Å². The molecule has 2 heterocycles. The maximum Gasteiger partial charge on any atom is 0.410 e. The van der Waals surface area contributed by atoms with Gasteiger partial charge in [-0.15, -0.1) is 0 Å². The minimum atomic E-state index is -0.455. The van der Waals surface area contributed by atoms with Gasteiger partial charge in [0.05, 0.1) is 11.7 Å². The third kappa shape index (κ3) is 3.83. The fraction of sp³-hybridized carbons (Fsp3) is 0.929. The molecule has 0 aromatic carbocycles. The van der Waals surface area contributed by atoms with Crippen molar-refractivity contribution in [3.05, 3.63) is 0 Å². The van der Waals surface area contributed by atoms with Gasteiger partial charge < -0.3 is 19.5 Å². The molecule has 1 spiro atoms. The highest BCUT2D eigenvalue weighted by Gasteiger charge is 2.41. The van der Waals surface area contributed by atoms with Crippen LogP contribution in [0.4, 0.5) is 4.79 Å². The second-order valence-electron chi connectivity index (χ2n) is 6.65. The fourth-order valence-corrected chi connectivity index (χ4v) is 2.77. The highest BCUT2D eigenvalue weighted by molar-refractivity contribution is 5.68. The Bertz CT molecular complexity index is 329. The standard InChI is InChI=1S/C14H25NO4/c1-13(2,3)19-12(17)15-7-5-14(6-8-15)10-11(16)4-9-18-14/h11,16H,4-10H2,1-3H3/t11-/m1/s1. The van der Waals surface area contributed by atoms with Crippen LogP contribution >= 0.6 is 0 Å². The monoisotopic (exact) mass is 271 g/mol. The highest BCUT2D eigenvalue weighted by Crippen LogP contribution is 2.35. The number of piperidine rings is 1. The van der Waals surface area contributed by atoms with Crippen LogP contribution in [0.3, 0.4) is 0 Å². The molecule has 0 aromatic heterocycles. The Labute approximate surface area is 114 Å². The van der Waals surface area contributed by atoms with E-state index >= 15 is 0 Å². The van der Waals surface area contributed by atoms with Gasteiger partial charge in [0.25, 0.3) is 0 Å². The van der Waals surface area contributed by atoms with Gasteiger partial charge in [-0.2, -0.15) is 0 Å². The van der Waals surface area contributed by atoms with Gasteiger partial charge in [0.15, 0.2) is 0 Å². The molecular formula is C14H25NO4. The van der Waals surface area contributed by atoms with E-state index in [1.54, 1.807) is 4.90 Å². The first kappa shape index (κ1) is 14.6. The van der Waals surface area contributed by atoms with Crippen LogP contribution in [-0.4, -0.2) is 53.1 Å². The van der Waals surface area contributed by atoms with Crippen LogP contribution in [0.5, 0.6) is 0 Å². The summed E-state index contributed by atoms with van der Waals surface area (Å²) < 4.78 is 11.2. The van der Waals surface area contributed by atoms with E-state index in [4.69, 9.17) is 9.47 Å². The van der Waals surface area contributed by atoms with Crippen molar-refractivity contribution >= 4 is 6.09 Å². The van der Waals surface area contributed by atoms with Crippen molar-refractivity contribution in [3.8, 4) is 0 Å². The van der Waals surface area contributed by atoms with Gasteiger partial charge in [0.2, 0.25) is 0 Å². The van der Waals surface area contributed by atoms with Gasteiger partial charge in [0, 0.05) is 26.1 Å². The average molecular weight is 271 g/mol. The van der Waals surface area contributed by atoms with E-state index in [1.807, 2.05) is 20.8 Å². The number of ether oxygens (including phenoxy) is 2. The molecule has 2 aliphatic heterocycles. The molecule has 0 radical (unpaired) electrons. The molecule has 0 bridgehead atoms. The van der Waals surface area contributed by atoms with Gasteiger partial charge >= 0.3 is 6.09 Å². The van der Waals surface area contributed by atoms with Crippen molar-refractivity contribution in [2.45, 2.75) is 63.8 Å². The molecule has 0 saturated carbocycles. The van der Waals surface area contributed by atoms with E-state index in [9.17, 15) is 9.90 Å². The first-order valence-corrected chi connectivity index (χ1v) is 7.10. The third-order valence-corrected chi connectivity index (χ3v) is 3.79. The summed E-state index contributed by atoms with van der Waals surface area (Å²) in [6.45, 7) is 7.52. The van der Waals surface area contributed by atoms with Crippen LogP contribution in [0.2, 0.25) is 0 Å². The summed E-state index contributed by atoms with van der Waals surface area (Å²) in [6.07, 6.45) is 2.46. The number of hydrogen-bond donors (Lipinski definition) is 1. The second kappa shape index (κ2) is 5.29. The molecule has 0 unspecified atom stereocenters. The maximum atomic E-state index is 12.0. The molecule has 110 valence electrons. The Morgan fingerprint density at radius 2 is 2.00 bits per heavy atom. The number of rotatable bonds is 0. The lowest BCUT2D eigenvalue weighted by Crippen LogP contribution is -2.52. The first-order chi connectivity index (χ1) is 8.80. The van der Waals surface area contributed by atoms with Gasteiger partial charge in [-0.05, 0) is 40.0 Å². The summed E-state index contributed by atoms with van der Waals surface area (Å²) >= 11 is 0. The lowest BCUT2D eigenvalue weighted by Gasteiger charge is -2.45. The molecule has 2 rings (SSSR count). The Morgan fingerprint density at radius 3 is 2.53 bits per heavy atom. The lowest BCUT2D eigenvalue weighted by molar-refractivity contribution is -0.141. The van der Waals surface area contributed by atoms with E-state index in [0.717, 1.165) is 19.3 Å². The lowest BCUT2D eigenvalue weighted by atomic mass is 9.83. The summed E-state index contributed by atoms with van der Waals surface area (Å²) in [5, 5.41) is 9.77. The van der Waals surface area contributed by atoms with Crippen LogP contribution in [-0.2, 0) is 9.47 Å². The summed E-state index contributed by atoms with van der Waals surface area (Å²) in [6, 6.07) is 0. The minimum absolute atomic E-state index is 0.226. The van der Waals surface area contributed by atoms with Crippen molar-refractivity contribution < 1.29 is 19.4 Å². The Morgan fingerprint density at radius 1 is 1.37 bits per heavy atom. The smallest absolute Gasteiger partial charge is 0.410 e. The molecule has 5 nitrogen and oxygen atoms in total. The Kier molecular flexibility index (Phi) is 4.06. The van der Waals surface area contributed by atoms with Gasteiger partial charge in [0.1, 0.15) is 5.60 Å². The molecule has 0 aromatic rings. The maximum absolute atomic E-state index is 12.0. The Balaban J connectivity index is 1.87. The number of carbonyl (C=O) groups is 1. The van der Waals surface area contributed by atoms with Crippen molar-refractivity contribution in [2.75, 3.05) is 19.7 Å². The quantitative estimate of drug-likeness (QED) is 0.731. The molecule has 5 heteroatoms. The molecule has 1 N–H and O–H groups in total. The molecule has 2 aliphatic rings. The first-order valence-electron chi connectivity index (χ1n) is 7.10. The molecule has 2 fully saturated rings. The summed E-state index contributed by atoms with van der Waals surface area (Å²) in [4.78, 5) is 13.7. The van der Waals surface area contributed by atoms with Crippen LogP contribution in [0, 0.1) is 0 Å². The number of hydrogen-bond acceptors (Lipinski definition) is 4. The average Bonchev–Trinajstić information content (AvgIpc) is 2.27. The SMILES string of the molecule is CC(C)(C)OC(=O)N1CCC2(CC1)C[C@H](O)CCO2. The van der Waals surface area contributed by atoms with Crippen molar-refractivity contribution in [1.29, 1.82) is 0 Å². The van der Waals surface area contributed by atoms with Gasteiger partial charge in [-0.1, -0.05) is 0 Å². The number of aliphatic hydroxyl groups is 1. The molecule has 2 saturated heterocycles. The van der Waals surface area contributed by atoms with Crippen LogP contribution in [0.1, 0.15) is 46.5 Å². The molecular weight excluding hydrogens is 246 g/mol. The van der Waals surface area contributed by atoms with Gasteiger partial charge in [-0.25, -0.2) is 4.79 Å². The Hall–Kier alpha value is -0.810. The topological polar surface area (TPSA) is 59.0 Å². The predicted octanol–water partition coefficient (Wildman–Crippen LogP) is 1.93. The van der Waals surface area contributed by atoms with Gasteiger partial charge in [-0.3, -0.25) is 0 Å². The second-order valence-corrected chi connectivity index (χ2v) is 6.65. The largest absolute Gasteiger partial charge is 0.444 e. The zero-order chi connectivity index (χ0) is 14.1. The van der Waals surface area contributed by atoms with Crippen LogP contribution < -0.4 is 0 Å². The molecule has 0 aliphatic carbocycles. The fourth-order valence-electron chi connectivity index (χ4n) is 2.77. The van der Waals surface area contributed by atoms with E-state index in [0.29, 0.717) is 26.1 Å². The van der Waals surface area contributed by atoms with Crippen LogP contribution in [0.25, 0.3) is 0 Å². The summed E-state index contributed by atoms with van der Waals surface area (Å²) in [7, 11) is 0. The normalized spacial score (nSPS) is 27.4. The van der Waals surface area contributed by atoms with Crippen LogP contribution in [0.15, 0.2) is 0 Å². The zero-order valence-electron chi connectivity index (χ0n) is 12.1. The molecule has 19 heavy (non-hydrogen) atoms. The van der Waals surface area contributed by atoms with Crippen molar-refractivity contribution in [2.24, 2.45) is 0 Å². The summed E-state index contributed by atoms with van der Waals surface area (Å²) in [5.41, 5.74) is -0.681. The number of carbonyl (C=O) groups excluding carboxylic acids is 1. The molecule has 1 atom stereocenters. The number of aliphatic hydroxyl groups excluding tert-OH is 1. The predicted molar refractivity (Wildman–Crippen MR) is 71.0 cm³/mol. The number of likely N-dealkylation sites (tertiary alicyclic amines) is 1. The van der Waals surface area contributed by atoms with E-state index in [2.05, 4.69) is 0 Å². The third-order valence-electron chi connectivity index (χ3n) is 3.79. The number of amides is 1. The van der Waals surface area contributed by atoms with E-state index in [1.165, 1.54) is 0 Å². The zero-order valence-corrected chi connectivity index (χ0v) is 12.1. The van der Waals surface area contributed by atoms with E-state index < -0.39 is 5.60 Å². The molecule has 1 amide bonds. The highest BCUT2D eigenvalue weighted by atomic mass is 16.6. The van der Waals surface area contributed by atoms with Crippen molar-refractivity contribution in [3.63, 3.8) is 0 Å². The van der Waals surface area contributed by atoms with E-state index in [-0.39, 0.29) is 17.8 Å². The number of nitrogens with zero attached hydrogens (tertiary/aromatic N) is 1.